The molecule has 0 saturated carbocycles. The number of pyridine rings is 1. The van der Waals surface area contributed by atoms with Gasteiger partial charge in [0.05, 0.1) is 0 Å². The Hall–Kier alpha value is -3.97. The topological polar surface area (TPSA) is 12.9 Å². The van der Waals surface area contributed by atoms with Gasteiger partial charge in [-0.25, -0.2) is 0 Å². The molecule has 0 aliphatic heterocycles. The van der Waals surface area contributed by atoms with Crippen molar-refractivity contribution in [2.75, 3.05) is 0 Å². The molecule has 32 heavy (non-hydrogen) atoms. The fraction of sp³-hybridized carbons (Fsp3) is 0.0645. The Kier molecular flexibility index (Phi) is 3.74. The van der Waals surface area contributed by atoms with Gasteiger partial charge in [-0.2, -0.15) is 0 Å². The number of rotatable bonds is 1. The second-order valence-electron chi connectivity index (χ2n) is 8.68. The fourth-order valence-corrected chi connectivity index (χ4v) is 5.61. The Labute approximate surface area is 186 Å². The number of aromatic nitrogens is 1. The van der Waals surface area contributed by atoms with E-state index in [0.717, 1.165) is 18.4 Å². The molecule has 150 valence electrons. The molecule has 0 spiro atoms. The number of fused-ring (bicyclic) bond motifs is 11. The normalized spacial score (nSPS) is 13.2. The molecule has 0 saturated heterocycles. The molecule has 7 rings (SSSR count). The fourth-order valence-electron chi connectivity index (χ4n) is 5.61. The monoisotopic (exact) mass is 407 g/mol. The molecule has 0 fully saturated rings. The minimum absolute atomic E-state index is 1.09. The molecule has 0 radical (unpaired) electrons. The highest BCUT2D eigenvalue weighted by Crippen LogP contribution is 2.45. The Morgan fingerprint density at radius 3 is 2.09 bits per heavy atom. The largest absolute Gasteiger partial charge is 0.264 e. The van der Waals surface area contributed by atoms with Crippen molar-refractivity contribution in [3.05, 3.63) is 108 Å². The molecular weight excluding hydrogens is 386 g/mol. The summed E-state index contributed by atoms with van der Waals surface area (Å²) in [6.07, 6.45) is 10.7. The number of hydrogen-bond acceptors (Lipinski definition) is 1. The molecular formula is C31H21N. The van der Waals surface area contributed by atoms with E-state index < -0.39 is 0 Å². The van der Waals surface area contributed by atoms with Gasteiger partial charge in [0.2, 0.25) is 0 Å². The van der Waals surface area contributed by atoms with Gasteiger partial charge < -0.3 is 0 Å². The first kappa shape index (κ1) is 17.7. The van der Waals surface area contributed by atoms with Crippen LogP contribution in [0.5, 0.6) is 0 Å². The zero-order valence-corrected chi connectivity index (χ0v) is 17.7. The van der Waals surface area contributed by atoms with Gasteiger partial charge in [0.15, 0.2) is 0 Å². The highest BCUT2D eigenvalue weighted by molar-refractivity contribution is 6.33. The van der Waals surface area contributed by atoms with Gasteiger partial charge >= 0.3 is 0 Å². The number of allylic oxidation sites excluding steroid dienone is 1. The standard InChI is InChI=1S/C31H21N/c1-4-12-26-22(9-1)23-10-2-6-14-28(23)31-29-18-20(21-8-7-17-32-19-21)15-16-25(29)24-11-3-5-13-27(24)30(26)31/h1-2,4-10,12-19H,3,11H2. The molecule has 1 aliphatic carbocycles. The van der Waals surface area contributed by atoms with Gasteiger partial charge in [0.25, 0.3) is 0 Å². The number of nitrogens with zero attached hydrogens (tertiary/aromatic N) is 1. The molecule has 6 aromatic rings. The summed E-state index contributed by atoms with van der Waals surface area (Å²) in [5.74, 6) is 0. The summed E-state index contributed by atoms with van der Waals surface area (Å²) < 4.78 is 0. The van der Waals surface area contributed by atoms with Gasteiger partial charge in [0, 0.05) is 18.0 Å². The van der Waals surface area contributed by atoms with Crippen molar-refractivity contribution in [1.29, 1.82) is 0 Å². The van der Waals surface area contributed by atoms with Crippen molar-refractivity contribution < 1.29 is 0 Å². The van der Waals surface area contributed by atoms with Crippen LogP contribution in [0.4, 0.5) is 0 Å². The van der Waals surface area contributed by atoms with E-state index in [9.17, 15) is 0 Å². The van der Waals surface area contributed by atoms with Crippen molar-refractivity contribution in [2.24, 2.45) is 0 Å². The third kappa shape index (κ3) is 2.42. The SMILES string of the molecule is C1=Cc2c(c3ccc(-c4cccnc4)cc3c3c4ccccc4c4ccccc4c23)CC1. The van der Waals surface area contributed by atoms with Crippen LogP contribution in [-0.4, -0.2) is 4.98 Å². The highest BCUT2D eigenvalue weighted by Gasteiger charge is 2.19. The first-order valence-electron chi connectivity index (χ1n) is 11.3. The van der Waals surface area contributed by atoms with Crippen molar-refractivity contribution in [1.82, 2.24) is 4.98 Å². The predicted molar refractivity (Wildman–Crippen MR) is 137 cm³/mol. The molecule has 5 aromatic carbocycles. The van der Waals surface area contributed by atoms with E-state index in [1.165, 1.54) is 59.8 Å². The molecule has 0 unspecified atom stereocenters. The van der Waals surface area contributed by atoms with Gasteiger partial charge in [-0.3, -0.25) is 4.98 Å². The van der Waals surface area contributed by atoms with Crippen LogP contribution in [0.3, 0.4) is 0 Å². The summed E-state index contributed by atoms with van der Waals surface area (Å²) in [6.45, 7) is 0. The van der Waals surface area contributed by atoms with Crippen LogP contribution in [0.1, 0.15) is 17.5 Å². The van der Waals surface area contributed by atoms with E-state index in [2.05, 4.69) is 89.9 Å². The average molecular weight is 408 g/mol. The van der Waals surface area contributed by atoms with Crippen LogP contribution < -0.4 is 0 Å². The van der Waals surface area contributed by atoms with Gasteiger partial charge in [-0.1, -0.05) is 78.9 Å². The number of benzene rings is 5. The Morgan fingerprint density at radius 2 is 1.34 bits per heavy atom. The van der Waals surface area contributed by atoms with E-state index in [-0.39, 0.29) is 0 Å². The lowest BCUT2D eigenvalue weighted by Crippen LogP contribution is -1.99. The maximum atomic E-state index is 4.36. The second kappa shape index (κ2) is 6.77. The smallest absolute Gasteiger partial charge is 0.0346 e. The Morgan fingerprint density at radius 1 is 0.594 bits per heavy atom. The Bertz CT molecular complexity index is 1710. The summed E-state index contributed by atoms with van der Waals surface area (Å²) >= 11 is 0. The van der Waals surface area contributed by atoms with E-state index in [1.54, 1.807) is 0 Å². The first-order valence-corrected chi connectivity index (χ1v) is 11.3. The predicted octanol–water partition coefficient (Wildman–Crippen LogP) is 8.32. The molecule has 0 atom stereocenters. The molecule has 1 aliphatic rings. The Balaban J connectivity index is 1.78. The zero-order chi connectivity index (χ0) is 21.1. The number of hydrogen-bond donors (Lipinski definition) is 0. The van der Waals surface area contributed by atoms with E-state index in [1.807, 2.05) is 18.5 Å². The molecule has 0 bridgehead atoms. The van der Waals surface area contributed by atoms with E-state index in [0.29, 0.717) is 0 Å². The molecule has 1 heterocycles. The lowest BCUT2D eigenvalue weighted by molar-refractivity contribution is 1.00. The van der Waals surface area contributed by atoms with Crippen LogP contribution in [0.25, 0.3) is 60.3 Å². The minimum Gasteiger partial charge on any atom is -0.264 e. The number of aryl methyl sites for hydroxylation is 1. The summed E-state index contributed by atoms with van der Waals surface area (Å²) in [4.78, 5) is 4.36. The highest BCUT2D eigenvalue weighted by atomic mass is 14.6. The maximum Gasteiger partial charge on any atom is 0.0346 e. The third-order valence-corrected chi connectivity index (χ3v) is 6.98. The van der Waals surface area contributed by atoms with Crippen molar-refractivity contribution in [3.8, 4) is 11.1 Å². The van der Waals surface area contributed by atoms with Gasteiger partial charge in [-0.15, -0.1) is 0 Å². The van der Waals surface area contributed by atoms with Crippen LogP contribution in [-0.2, 0) is 6.42 Å². The van der Waals surface area contributed by atoms with Crippen LogP contribution in [0.2, 0.25) is 0 Å². The molecule has 0 N–H and O–H groups in total. The van der Waals surface area contributed by atoms with Crippen molar-refractivity contribution in [2.45, 2.75) is 12.8 Å². The molecule has 1 aromatic heterocycles. The van der Waals surface area contributed by atoms with Crippen molar-refractivity contribution >= 4 is 49.2 Å². The molecule has 1 nitrogen and oxygen atoms in total. The lowest BCUT2D eigenvalue weighted by atomic mass is 9.82. The lowest BCUT2D eigenvalue weighted by Gasteiger charge is -2.21. The van der Waals surface area contributed by atoms with E-state index in [4.69, 9.17) is 0 Å². The summed E-state index contributed by atoms with van der Waals surface area (Å²) in [5.41, 5.74) is 5.25. The van der Waals surface area contributed by atoms with Crippen LogP contribution in [0, 0.1) is 0 Å². The third-order valence-electron chi connectivity index (χ3n) is 6.98. The van der Waals surface area contributed by atoms with Crippen LogP contribution in [0.15, 0.2) is 97.3 Å². The maximum absolute atomic E-state index is 4.36. The van der Waals surface area contributed by atoms with Crippen LogP contribution >= 0.6 is 0 Å². The minimum atomic E-state index is 1.09. The average Bonchev–Trinajstić information content (AvgIpc) is 2.88. The van der Waals surface area contributed by atoms with E-state index >= 15 is 0 Å². The summed E-state index contributed by atoms with van der Waals surface area (Å²) in [5, 5.41) is 10.8. The molecule has 1 heteroatoms. The second-order valence-corrected chi connectivity index (χ2v) is 8.68. The summed E-state index contributed by atoms with van der Waals surface area (Å²) in [6, 6.07) is 28.9. The van der Waals surface area contributed by atoms with Crippen molar-refractivity contribution in [3.63, 3.8) is 0 Å². The summed E-state index contributed by atoms with van der Waals surface area (Å²) in [7, 11) is 0. The molecule has 0 amide bonds. The first-order chi connectivity index (χ1) is 15.9. The van der Waals surface area contributed by atoms with Gasteiger partial charge in [0.1, 0.15) is 0 Å². The quantitative estimate of drug-likeness (QED) is 0.250. The zero-order valence-electron chi connectivity index (χ0n) is 17.7. The van der Waals surface area contributed by atoms with Gasteiger partial charge in [-0.05, 0) is 84.8 Å².